The highest BCUT2D eigenvalue weighted by molar-refractivity contribution is 6.07. The van der Waals surface area contributed by atoms with E-state index in [-0.39, 0.29) is 11.9 Å². The van der Waals surface area contributed by atoms with Crippen molar-refractivity contribution in [1.82, 2.24) is 10.2 Å². The molecule has 0 radical (unpaired) electrons. The van der Waals surface area contributed by atoms with Gasteiger partial charge in [0.15, 0.2) is 0 Å². The van der Waals surface area contributed by atoms with Crippen molar-refractivity contribution in [3.05, 3.63) is 59.2 Å². The lowest BCUT2D eigenvalue weighted by Gasteiger charge is -2.23. The maximum atomic E-state index is 13.0. The first kappa shape index (κ1) is 20.7. The van der Waals surface area contributed by atoms with Gasteiger partial charge in [0.25, 0.3) is 5.91 Å². The van der Waals surface area contributed by atoms with Gasteiger partial charge >= 0.3 is 6.03 Å². The van der Waals surface area contributed by atoms with Gasteiger partial charge in [0.05, 0.1) is 13.7 Å². The summed E-state index contributed by atoms with van der Waals surface area (Å²) in [5.74, 6) is 1.39. The fourth-order valence-electron chi connectivity index (χ4n) is 3.56. The normalized spacial score (nSPS) is 18.7. The number of benzene rings is 2. The van der Waals surface area contributed by atoms with E-state index in [2.05, 4.69) is 5.32 Å². The molecule has 6 nitrogen and oxygen atoms in total. The van der Waals surface area contributed by atoms with Crippen molar-refractivity contribution in [1.29, 1.82) is 0 Å². The summed E-state index contributed by atoms with van der Waals surface area (Å²) in [4.78, 5) is 26.8. The molecule has 0 bridgehead atoms. The van der Waals surface area contributed by atoms with Crippen molar-refractivity contribution >= 4 is 11.9 Å². The Morgan fingerprint density at radius 1 is 1.00 bits per heavy atom. The third kappa shape index (κ3) is 4.21. The van der Waals surface area contributed by atoms with Crippen LogP contribution in [0.4, 0.5) is 4.79 Å². The number of hydrogen-bond donors (Lipinski definition) is 1. The molecular weight excluding hydrogens is 368 g/mol. The highest BCUT2D eigenvalue weighted by Gasteiger charge is 2.48. The molecule has 0 spiro atoms. The molecule has 2 aromatic rings. The first-order valence-electron chi connectivity index (χ1n) is 9.84. The van der Waals surface area contributed by atoms with Crippen LogP contribution in [-0.2, 0) is 10.3 Å². The van der Waals surface area contributed by atoms with Crippen LogP contribution in [0.3, 0.4) is 0 Å². The first-order chi connectivity index (χ1) is 13.9. The molecule has 0 saturated carbocycles. The number of hydrogen-bond acceptors (Lipinski definition) is 4. The summed E-state index contributed by atoms with van der Waals surface area (Å²) in [6.45, 7) is 6.58. The third-order valence-electron chi connectivity index (χ3n) is 5.37. The summed E-state index contributed by atoms with van der Waals surface area (Å²) in [5, 5.41) is 2.85. The van der Waals surface area contributed by atoms with Gasteiger partial charge in [0, 0.05) is 6.54 Å². The summed E-state index contributed by atoms with van der Waals surface area (Å²) in [7, 11) is 1.61. The average molecular weight is 396 g/mol. The zero-order valence-corrected chi connectivity index (χ0v) is 17.5. The van der Waals surface area contributed by atoms with E-state index in [0.717, 1.165) is 34.6 Å². The largest absolute Gasteiger partial charge is 0.496 e. The number of carbonyl (C=O) groups is 2. The highest BCUT2D eigenvalue weighted by Crippen LogP contribution is 2.31. The van der Waals surface area contributed by atoms with Crippen LogP contribution in [-0.4, -0.2) is 37.1 Å². The lowest BCUT2D eigenvalue weighted by atomic mass is 9.90. The number of carbonyl (C=O) groups excluding carboxylic acids is 2. The number of amides is 3. The highest BCUT2D eigenvalue weighted by atomic mass is 16.5. The standard InChI is InChI=1S/C23H28N2O4/c1-16-9-5-6-10-20(16)29-14-8-7-13-25-21(26)23(3,24-22(25)27)18-11-12-19(28-4)17(2)15-18/h5-6,9-12,15H,7-8,13-14H2,1-4H3,(H,24,27). The van der Waals surface area contributed by atoms with E-state index in [4.69, 9.17) is 9.47 Å². The predicted octanol–water partition coefficient (Wildman–Crippen LogP) is 3.94. The minimum absolute atomic E-state index is 0.230. The van der Waals surface area contributed by atoms with Crippen molar-refractivity contribution in [2.24, 2.45) is 0 Å². The molecule has 154 valence electrons. The van der Waals surface area contributed by atoms with E-state index in [1.54, 1.807) is 14.0 Å². The Balaban J connectivity index is 1.57. The molecular formula is C23H28N2O4. The minimum Gasteiger partial charge on any atom is -0.496 e. The smallest absolute Gasteiger partial charge is 0.325 e. The number of nitrogens with one attached hydrogen (secondary N) is 1. The van der Waals surface area contributed by atoms with Crippen molar-refractivity contribution in [3.63, 3.8) is 0 Å². The monoisotopic (exact) mass is 396 g/mol. The minimum atomic E-state index is -1.06. The van der Waals surface area contributed by atoms with Gasteiger partial charge in [-0.2, -0.15) is 0 Å². The molecule has 1 aliphatic heterocycles. The third-order valence-corrected chi connectivity index (χ3v) is 5.37. The first-order valence-corrected chi connectivity index (χ1v) is 9.84. The number of methoxy groups -OCH3 is 1. The molecule has 1 N–H and O–H groups in total. The number of imide groups is 1. The predicted molar refractivity (Wildman–Crippen MR) is 111 cm³/mol. The Hall–Kier alpha value is -3.02. The number of ether oxygens (including phenoxy) is 2. The van der Waals surface area contributed by atoms with Crippen LogP contribution < -0.4 is 14.8 Å². The number of nitrogens with zero attached hydrogens (tertiary/aromatic N) is 1. The Kier molecular flexibility index (Phi) is 6.11. The number of aryl methyl sites for hydroxylation is 2. The second-order valence-electron chi connectivity index (χ2n) is 7.52. The fourth-order valence-corrected chi connectivity index (χ4v) is 3.56. The van der Waals surface area contributed by atoms with Crippen LogP contribution in [0.25, 0.3) is 0 Å². The zero-order valence-electron chi connectivity index (χ0n) is 17.5. The zero-order chi connectivity index (χ0) is 21.0. The maximum Gasteiger partial charge on any atom is 0.325 e. The lowest BCUT2D eigenvalue weighted by Crippen LogP contribution is -2.41. The average Bonchev–Trinajstić information content (AvgIpc) is 2.92. The van der Waals surface area contributed by atoms with Crippen LogP contribution in [0.2, 0.25) is 0 Å². The van der Waals surface area contributed by atoms with Gasteiger partial charge in [-0.25, -0.2) is 4.79 Å². The molecule has 3 amide bonds. The molecule has 1 saturated heterocycles. The molecule has 1 fully saturated rings. The van der Waals surface area contributed by atoms with Gasteiger partial charge in [-0.3, -0.25) is 9.69 Å². The molecule has 2 aromatic carbocycles. The summed E-state index contributed by atoms with van der Waals surface area (Å²) < 4.78 is 11.1. The van der Waals surface area contributed by atoms with Gasteiger partial charge in [-0.15, -0.1) is 0 Å². The molecule has 29 heavy (non-hydrogen) atoms. The topological polar surface area (TPSA) is 67.9 Å². The van der Waals surface area contributed by atoms with Crippen LogP contribution in [0.5, 0.6) is 11.5 Å². The number of unbranched alkanes of at least 4 members (excludes halogenated alkanes) is 1. The van der Waals surface area contributed by atoms with E-state index in [1.807, 2.05) is 56.3 Å². The lowest BCUT2D eigenvalue weighted by molar-refractivity contribution is -0.131. The Bertz CT molecular complexity index is 912. The van der Waals surface area contributed by atoms with Crippen molar-refractivity contribution < 1.29 is 19.1 Å². The molecule has 3 rings (SSSR count). The van der Waals surface area contributed by atoms with Gasteiger partial charge in [0.1, 0.15) is 17.0 Å². The van der Waals surface area contributed by atoms with Crippen molar-refractivity contribution in [2.45, 2.75) is 39.2 Å². The van der Waals surface area contributed by atoms with Gasteiger partial charge in [0.2, 0.25) is 0 Å². The Morgan fingerprint density at radius 3 is 2.45 bits per heavy atom. The molecule has 1 unspecified atom stereocenters. The SMILES string of the molecule is COc1ccc(C2(C)NC(=O)N(CCCCOc3ccccc3C)C2=O)cc1C. The Labute approximate surface area is 171 Å². The number of urea groups is 1. The molecule has 0 aliphatic carbocycles. The Morgan fingerprint density at radius 2 is 1.76 bits per heavy atom. The molecule has 0 aromatic heterocycles. The van der Waals surface area contributed by atoms with Crippen molar-refractivity contribution in [3.8, 4) is 11.5 Å². The van der Waals surface area contributed by atoms with Crippen LogP contribution >= 0.6 is 0 Å². The second kappa shape index (κ2) is 8.55. The molecule has 1 atom stereocenters. The molecule has 6 heteroatoms. The van der Waals surface area contributed by atoms with Crippen LogP contribution in [0, 0.1) is 13.8 Å². The van der Waals surface area contributed by atoms with Gasteiger partial charge < -0.3 is 14.8 Å². The fraction of sp³-hybridized carbons (Fsp3) is 0.391. The summed E-state index contributed by atoms with van der Waals surface area (Å²) in [6.07, 6.45) is 1.44. The van der Waals surface area contributed by atoms with Gasteiger partial charge in [-0.1, -0.05) is 24.3 Å². The number of rotatable bonds is 8. The van der Waals surface area contributed by atoms with Crippen LogP contribution in [0.15, 0.2) is 42.5 Å². The van der Waals surface area contributed by atoms with E-state index in [9.17, 15) is 9.59 Å². The quantitative estimate of drug-likeness (QED) is 0.542. The van der Waals surface area contributed by atoms with E-state index in [1.165, 1.54) is 4.90 Å². The summed E-state index contributed by atoms with van der Waals surface area (Å²) in [5.41, 5.74) is 1.69. The van der Waals surface area contributed by atoms with Gasteiger partial charge in [-0.05, 0) is 68.5 Å². The molecule has 1 aliphatic rings. The van der Waals surface area contributed by atoms with Crippen LogP contribution in [0.1, 0.15) is 36.5 Å². The molecule has 1 heterocycles. The van der Waals surface area contributed by atoms with E-state index >= 15 is 0 Å². The summed E-state index contributed by atoms with van der Waals surface area (Å²) in [6, 6.07) is 13.0. The second-order valence-corrected chi connectivity index (χ2v) is 7.52. The number of para-hydroxylation sites is 1. The van der Waals surface area contributed by atoms with E-state index in [0.29, 0.717) is 19.6 Å². The maximum absolute atomic E-state index is 13.0. The van der Waals surface area contributed by atoms with Crippen molar-refractivity contribution in [2.75, 3.05) is 20.3 Å². The van der Waals surface area contributed by atoms with E-state index < -0.39 is 5.54 Å². The summed E-state index contributed by atoms with van der Waals surface area (Å²) >= 11 is 0.